The molecule has 0 saturated carbocycles. The number of allylic oxidation sites excluding steroid dienone is 2. The second-order valence-corrected chi connectivity index (χ2v) is 19.2. The molecule has 0 atom stereocenters. The van der Waals surface area contributed by atoms with Crippen LogP contribution in [-0.2, 0) is 22.5 Å². The van der Waals surface area contributed by atoms with Crippen LogP contribution in [0.4, 0.5) is 11.4 Å². The van der Waals surface area contributed by atoms with E-state index in [9.17, 15) is 10.2 Å². The first-order valence-corrected chi connectivity index (χ1v) is 22.7. The molecule has 288 valence electrons. The van der Waals surface area contributed by atoms with Crippen LogP contribution >= 0.6 is 0 Å². The summed E-state index contributed by atoms with van der Waals surface area (Å²) in [6.45, 7) is 17.5. The van der Waals surface area contributed by atoms with Crippen molar-refractivity contribution in [1.29, 1.82) is 0 Å². The zero-order valence-corrected chi connectivity index (χ0v) is 35.8. The van der Waals surface area contributed by atoms with Crippen molar-refractivity contribution in [3.05, 3.63) is 95.1 Å². The van der Waals surface area contributed by atoms with Crippen molar-refractivity contribution in [3.63, 3.8) is 0 Å². The normalized spacial score (nSPS) is 11.9. The second kappa shape index (κ2) is 27.0. The summed E-state index contributed by atoms with van der Waals surface area (Å²) in [6.07, 6.45) is 18.2. The molecule has 0 radical (unpaired) electrons. The summed E-state index contributed by atoms with van der Waals surface area (Å²) < 4.78 is 0. The minimum atomic E-state index is -1.27. The first-order chi connectivity index (χ1) is 25.2. The van der Waals surface area contributed by atoms with E-state index in [0.29, 0.717) is 0 Å². The van der Waals surface area contributed by atoms with E-state index in [0.717, 1.165) is 97.8 Å². The Morgan fingerprint density at radius 3 is 1.75 bits per heavy atom. The Balaban J connectivity index is 0.000000655. The van der Waals surface area contributed by atoms with Crippen LogP contribution in [0.2, 0.25) is 18.1 Å². The van der Waals surface area contributed by atoms with Gasteiger partial charge in [-0.1, -0.05) is 152 Å². The zero-order valence-electron chi connectivity index (χ0n) is 33.8. The molecule has 4 nitrogen and oxygen atoms in total. The monoisotopic (exact) mass is 774 g/mol. The average Bonchev–Trinajstić information content (AvgIpc) is 3.15. The molecule has 3 aromatic rings. The second-order valence-electron chi connectivity index (χ2n) is 13.7. The predicted molar refractivity (Wildman–Crippen MR) is 228 cm³/mol. The van der Waals surface area contributed by atoms with E-state index in [1.54, 1.807) is 6.07 Å². The summed E-state index contributed by atoms with van der Waals surface area (Å²) in [5, 5.41) is 22.7. The van der Waals surface area contributed by atoms with Gasteiger partial charge in [0, 0.05) is 6.42 Å². The molecule has 0 bridgehead atoms. The molecule has 3 rings (SSSR count). The van der Waals surface area contributed by atoms with Crippen molar-refractivity contribution in [2.24, 2.45) is 9.98 Å². The molecular weight excluding hydrogens is 711 g/mol. The van der Waals surface area contributed by atoms with Gasteiger partial charge in [0.25, 0.3) is 0 Å². The van der Waals surface area contributed by atoms with Crippen molar-refractivity contribution < 1.29 is 26.7 Å². The van der Waals surface area contributed by atoms with Crippen LogP contribution in [0, 0.1) is 18.8 Å². The summed E-state index contributed by atoms with van der Waals surface area (Å²) in [7, 11) is -1.27. The number of aliphatic imine (C=N–C) groups is 2. The number of nitrogens with zero attached hydrogens (tertiary/aromatic N) is 2. The smallest absolute Gasteiger partial charge is 0.873 e. The van der Waals surface area contributed by atoms with Gasteiger partial charge in [0.15, 0.2) is 0 Å². The number of benzene rings is 3. The molecule has 0 N–H and O–H groups in total. The first-order valence-electron chi connectivity index (χ1n) is 19.8. The molecule has 0 saturated heterocycles. The molecule has 53 heavy (non-hydrogen) atoms. The Bertz CT molecular complexity index is 1680. The van der Waals surface area contributed by atoms with E-state index in [2.05, 4.69) is 133 Å². The van der Waals surface area contributed by atoms with Gasteiger partial charge in [-0.2, -0.15) is 0 Å². The summed E-state index contributed by atoms with van der Waals surface area (Å²) in [5.41, 5.74) is 8.07. The van der Waals surface area contributed by atoms with Gasteiger partial charge in [-0.3, -0.25) is 4.99 Å². The van der Waals surface area contributed by atoms with Crippen molar-refractivity contribution in [2.75, 3.05) is 0 Å². The van der Waals surface area contributed by atoms with E-state index >= 15 is 0 Å². The number of rotatable bonds is 18. The Morgan fingerprint density at radius 1 is 0.698 bits per heavy atom. The minimum absolute atomic E-state index is 0. The number of aryl methyl sites for hydroxylation is 1. The van der Waals surface area contributed by atoms with Gasteiger partial charge in [-0.25, -0.2) is 4.99 Å². The average molecular weight is 776 g/mol. The standard InChI is InChI=1S/C33H42N2.C14H24O2Si.Ni/c1-5-9-13-18-28-20-16-22-30(26-28)34-32(24-12-8-4)33(25-15-11-7-3)35-31-23-17-21-29(27-31)19-14-10-6-2;1-5-17(6-2,7-3)10-12-9-14(16)13(15)8-11(12)4;/h13-14,16-23,26-27H,5-12,24H2,1-4H3;8-9,15-16H,5-7,10H2,1-4H3;/q;;+2/p-2. The van der Waals surface area contributed by atoms with Crippen LogP contribution < -0.4 is 10.2 Å². The molecule has 3 aromatic carbocycles. The van der Waals surface area contributed by atoms with Crippen LogP contribution in [0.3, 0.4) is 0 Å². The van der Waals surface area contributed by atoms with Gasteiger partial charge in [0.2, 0.25) is 0 Å². The summed E-state index contributed by atoms with van der Waals surface area (Å²) in [5.74, 6) is 5.96. The molecule has 0 aliphatic rings. The maximum Gasteiger partial charge on any atom is 2.00 e. The van der Waals surface area contributed by atoms with Gasteiger partial charge < -0.3 is 10.2 Å². The molecule has 0 aliphatic heterocycles. The first kappa shape index (κ1) is 47.4. The van der Waals surface area contributed by atoms with Crippen LogP contribution in [0.25, 0.3) is 12.2 Å². The van der Waals surface area contributed by atoms with Crippen LogP contribution in [0.15, 0.2) is 82.8 Å². The van der Waals surface area contributed by atoms with Gasteiger partial charge in [-0.05, 0) is 97.5 Å². The molecule has 0 spiro atoms. The molecule has 0 aliphatic carbocycles. The summed E-state index contributed by atoms with van der Waals surface area (Å²) in [6, 6.07) is 24.6. The Kier molecular flexibility index (Phi) is 24.1. The molecular formula is C47H64N2NiO2Si. The number of unbranched alkanes of at least 4 members (excludes halogenated alkanes) is 4. The van der Waals surface area contributed by atoms with E-state index < -0.39 is 8.07 Å². The van der Waals surface area contributed by atoms with Crippen molar-refractivity contribution in [3.8, 4) is 23.3 Å². The third kappa shape index (κ3) is 17.4. The van der Waals surface area contributed by atoms with Gasteiger partial charge in [0.1, 0.15) is 5.71 Å². The van der Waals surface area contributed by atoms with Crippen LogP contribution in [0.5, 0.6) is 11.5 Å². The summed E-state index contributed by atoms with van der Waals surface area (Å²) >= 11 is 0. The van der Waals surface area contributed by atoms with E-state index in [4.69, 9.17) is 9.98 Å². The Morgan fingerprint density at radius 2 is 1.25 bits per heavy atom. The van der Waals surface area contributed by atoms with Gasteiger partial charge in [-0.15, -0.1) is 11.5 Å². The van der Waals surface area contributed by atoms with Crippen molar-refractivity contribution in [1.82, 2.24) is 0 Å². The number of hydrogen-bond acceptors (Lipinski definition) is 4. The molecule has 0 fully saturated rings. The van der Waals surface area contributed by atoms with Crippen molar-refractivity contribution in [2.45, 2.75) is 137 Å². The van der Waals surface area contributed by atoms with E-state index in [1.165, 1.54) is 35.3 Å². The Hall–Kier alpha value is -3.65. The molecule has 0 amide bonds. The minimum Gasteiger partial charge on any atom is -0.873 e. The van der Waals surface area contributed by atoms with E-state index in [1.807, 2.05) is 6.92 Å². The predicted octanol–water partition coefficient (Wildman–Crippen LogP) is 12.9. The maximum absolute atomic E-state index is 11.4. The molecule has 0 unspecified atom stereocenters. The SMILES string of the molecule is CCCC#CC(=Nc1cccc(C=CCCC)c1)C(CCCC)=Nc1cccc(C=CCCC)c1.CC[Si](CC)(CC)Cc1cc([O-])c([O-])cc1C.[Ni+2]. The fraction of sp³-hybridized carbons (Fsp3) is 0.447. The fourth-order valence-corrected chi connectivity index (χ4v) is 9.32. The molecule has 6 heteroatoms. The maximum atomic E-state index is 11.4. The fourth-order valence-electron chi connectivity index (χ4n) is 5.88. The summed E-state index contributed by atoms with van der Waals surface area (Å²) in [4.78, 5) is 10.1. The molecule has 0 aromatic heterocycles. The quantitative estimate of drug-likeness (QED) is 0.0733. The number of hydrogen-bond donors (Lipinski definition) is 0. The van der Waals surface area contributed by atoms with Crippen LogP contribution in [0.1, 0.15) is 129 Å². The van der Waals surface area contributed by atoms with Gasteiger partial charge >= 0.3 is 16.5 Å². The third-order valence-electron chi connectivity index (χ3n) is 9.62. The zero-order chi connectivity index (χ0) is 38.2. The topological polar surface area (TPSA) is 70.8 Å². The molecule has 0 heterocycles. The Labute approximate surface area is 334 Å². The van der Waals surface area contributed by atoms with E-state index in [-0.39, 0.29) is 28.0 Å². The van der Waals surface area contributed by atoms with Crippen molar-refractivity contribution >= 4 is 43.0 Å². The third-order valence-corrected chi connectivity index (χ3v) is 15.2. The van der Waals surface area contributed by atoms with Crippen LogP contribution in [-0.4, -0.2) is 19.5 Å². The largest absolute Gasteiger partial charge is 2.00 e. The van der Waals surface area contributed by atoms with Gasteiger partial charge in [0.05, 0.1) is 25.2 Å².